The van der Waals surface area contributed by atoms with Crippen LogP contribution in [0.15, 0.2) is 18.3 Å². The molecule has 1 aromatic rings. The van der Waals surface area contributed by atoms with E-state index in [1.165, 1.54) is 38.8 Å². The largest absolute Gasteiger partial charge is 0.493 e. The fourth-order valence-electron chi connectivity index (χ4n) is 2.67. The van der Waals surface area contributed by atoms with Gasteiger partial charge in [-0.05, 0) is 63.2 Å². The lowest BCUT2D eigenvalue weighted by Crippen LogP contribution is -2.33. The fraction of sp³-hybridized carbons (Fsp3) is 0.625. The van der Waals surface area contributed by atoms with Crippen molar-refractivity contribution >= 4 is 23.1 Å². The van der Waals surface area contributed by atoms with Gasteiger partial charge >= 0.3 is 0 Å². The van der Waals surface area contributed by atoms with Gasteiger partial charge < -0.3 is 20.3 Å². The topological polar surface area (TPSA) is 49.4 Å². The second-order valence-electron chi connectivity index (χ2n) is 5.54. The van der Waals surface area contributed by atoms with E-state index < -0.39 is 0 Å². The summed E-state index contributed by atoms with van der Waals surface area (Å²) >= 11 is 5.30. The zero-order valence-electron chi connectivity index (χ0n) is 13.3. The van der Waals surface area contributed by atoms with Crippen LogP contribution < -0.4 is 15.4 Å². The Balaban J connectivity index is 1.65. The zero-order chi connectivity index (χ0) is 15.6. The van der Waals surface area contributed by atoms with Gasteiger partial charge in [0.1, 0.15) is 0 Å². The van der Waals surface area contributed by atoms with Crippen molar-refractivity contribution in [1.29, 1.82) is 0 Å². The molecule has 1 aliphatic heterocycles. The van der Waals surface area contributed by atoms with Gasteiger partial charge in [0.15, 0.2) is 16.7 Å². The number of anilines is 1. The van der Waals surface area contributed by atoms with E-state index in [1.54, 1.807) is 13.3 Å². The van der Waals surface area contributed by atoms with Crippen molar-refractivity contribution in [3.05, 3.63) is 18.3 Å². The first-order chi connectivity index (χ1) is 10.8. The molecule has 0 amide bonds. The van der Waals surface area contributed by atoms with Crippen LogP contribution in [0.1, 0.15) is 32.1 Å². The molecule has 6 heteroatoms. The molecular weight excluding hydrogens is 296 g/mol. The fourth-order valence-corrected chi connectivity index (χ4v) is 2.86. The smallest absolute Gasteiger partial charge is 0.174 e. The minimum atomic E-state index is 0.591. The van der Waals surface area contributed by atoms with Crippen LogP contribution in [0.25, 0.3) is 0 Å². The van der Waals surface area contributed by atoms with Crippen LogP contribution in [0.2, 0.25) is 0 Å². The molecule has 1 aromatic heterocycles. The number of hydrogen-bond acceptors (Lipinski definition) is 4. The minimum Gasteiger partial charge on any atom is -0.493 e. The van der Waals surface area contributed by atoms with Crippen molar-refractivity contribution in [1.82, 2.24) is 15.2 Å². The molecule has 0 aliphatic carbocycles. The van der Waals surface area contributed by atoms with E-state index in [1.807, 2.05) is 12.1 Å². The first kappa shape index (κ1) is 17.0. The van der Waals surface area contributed by atoms with Crippen molar-refractivity contribution < 1.29 is 4.74 Å². The summed E-state index contributed by atoms with van der Waals surface area (Å²) in [6.45, 7) is 4.50. The maximum atomic E-state index is 5.30. The standard InChI is InChI=1S/C16H26N4OS/c1-21-14-8-6-9-17-15(14)19-16(22)18-10-7-13-20-11-4-2-3-5-12-20/h6,8-9H,2-5,7,10-13H2,1H3,(H2,17,18,19,22). The molecule has 0 radical (unpaired) electrons. The average molecular weight is 322 g/mol. The lowest BCUT2D eigenvalue weighted by molar-refractivity contribution is 0.282. The lowest BCUT2D eigenvalue weighted by atomic mass is 10.2. The van der Waals surface area contributed by atoms with Crippen molar-refractivity contribution in [3.8, 4) is 5.75 Å². The first-order valence-electron chi connectivity index (χ1n) is 8.06. The minimum absolute atomic E-state index is 0.591. The van der Waals surface area contributed by atoms with E-state index in [2.05, 4.69) is 20.5 Å². The molecule has 0 unspecified atom stereocenters. The Morgan fingerprint density at radius 3 is 2.82 bits per heavy atom. The Hall–Kier alpha value is -1.40. The Morgan fingerprint density at radius 1 is 1.32 bits per heavy atom. The molecule has 2 rings (SSSR count). The molecule has 1 fully saturated rings. The molecule has 0 saturated carbocycles. The molecule has 5 nitrogen and oxygen atoms in total. The molecule has 22 heavy (non-hydrogen) atoms. The highest BCUT2D eigenvalue weighted by Crippen LogP contribution is 2.19. The molecule has 1 saturated heterocycles. The normalized spacial score (nSPS) is 15.9. The second kappa shape index (κ2) is 9.58. The molecule has 0 aromatic carbocycles. The number of rotatable bonds is 6. The molecule has 2 heterocycles. The summed E-state index contributed by atoms with van der Waals surface area (Å²) in [6, 6.07) is 3.69. The van der Waals surface area contributed by atoms with E-state index in [0.717, 1.165) is 19.5 Å². The van der Waals surface area contributed by atoms with Crippen molar-refractivity contribution in [3.63, 3.8) is 0 Å². The van der Waals surface area contributed by atoms with Gasteiger partial charge in [0, 0.05) is 12.7 Å². The van der Waals surface area contributed by atoms with Crippen LogP contribution in [0.5, 0.6) is 5.75 Å². The summed E-state index contributed by atoms with van der Waals surface area (Å²) < 4.78 is 5.24. The molecule has 0 spiro atoms. The summed E-state index contributed by atoms with van der Waals surface area (Å²) in [5, 5.41) is 6.91. The summed E-state index contributed by atoms with van der Waals surface area (Å²) in [5.41, 5.74) is 0. The van der Waals surface area contributed by atoms with Gasteiger partial charge in [0.05, 0.1) is 7.11 Å². The van der Waals surface area contributed by atoms with E-state index in [4.69, 9.17) is 17.0 Å². The van der Waals surface area contributed by atoms with Crippen LogP contribution in [-0.4, -0.2) is 48.3 Å². The maximum Gasteiger partial charge on any atom is 0.174 e. The SMILES string of the molecule is COc1cccnc1NC(=S)NCCCN1CCCCCC1. The van der Waals surface area contributed by atoms with Crippen LogP contribution in [0.3, 0.4) is 0 Å². The quantitative estimate of drug-likeness (QED) is 0.620. The lowest BCUT2D eigenvalue weighted by Gasteiger charge is -2.20. The predicted octanol–water partition coefficient (Wildman–Crippen LogP) is 2.64. The highest BCUT2D eigenvalue weighted by atomic mass is 32.1. The molecule has 2 N–H and O–H groups in total. The average Bonchev–Trinajstić information content (AvgIpc) is 2.81. The monoisotopic (exact) mass is 322 g/mol. The number of aromatic nitrogens is 1. The van der Waals surface area contributed by atoms with Gasteiger partial charge in [-0.1, -0.05) is 12.8 Å². The number of hydrogen-bond donors (Lipinski definition) is 2. The van der Waals surface area contributed by atoms with E-state index in [-0.39, 0.29) is 0 Å². The first-order valence-corrected chi connectivity index (χ1v) is 8.46. The number of nitrogens with zero attached hydrogens (tertiary/aromatic N) is 2. The Bertz CT molecular complexity index is 461. The van der Waals surface area contributed by atoms with E-state index >= 15 is 0 Å². The van der Waals surface area contributed by atoms with Crippen LogP contribution >= 0.6 is 12.2 Å². The Kier molecular flexibility index (Phi) is 7.39. The van der Waals surface area contributed by atoms with Gasteiger partial charge in [-0.2, -0.15) is 0 Å². The zero-order valence-corrected chi connectivity index (χ0v) is 14.1. The molecule has 0 atom stereocenters. The Labute approximate surface area is 138 Å². The van der Waals surface area contributed by atoms with Gasteiger partial charge in [-0.15, -0.1) is 0 Å². The summed E-state index contributed by atoms with van der Waals surface area (Å²) in [4.78, 5) is 6.79. The number of nitrogens with one attached hydrogen (secondary N) is 2. The number of ether oxygens (including phenoxy) is 1. The number of pyridine rings is 1. The third-order valence-electron chi connectivity index (χ3n) is 3.86. The van der Waals surface area contributed by atoms with Crippen molar-refractivity contribution in [2.45, 2.75) is 32.1 Å². The van der Waals surface area contributed by atoms with Gasteiger partial charge in [-0.25, -0.2) is 4.98 Å². The van der Waals surface area contributed by atoms with Gasteiger partial charge in [-0.3, -0.25) is 0 Å². The van der Waals surface area contributed by atoms with Crippen LogP contribution in [-0.2, 0) is 0 Å². The third kappa shape index (κ3) is 5.77. The van der Waals surface area contributed by atoms with Crippen molar-refractivity contribution in [2.24, 2.45) is 0 Å². The maximum absolute atomic E-state index is 5.30. The number of thiocarbonyl (C=S) groups is 1. The van der Waals surface area contributed by atoms with E-state index in [0.29, 0.717) is 16.7 Å². The third-order valence-corrected chi connectivity index (χ3v) is 4.10. The van der Waals surface area contributed by atoms with E-state index in [9.17, 15) is 0 Å². The highest BCUT2D eigenvalue weighted by Gasteiger charge is 2.08. The molecule has 1 aliphatic rings. The van der Waals surface area contributed by atoms with Crippen LogP contribution in [0, 0.1) is 0 Å². The summed E-state index contributed by atoms with van der Waals surface area (Å²) in [7, 11) is 1.62. The number of methoxy groups -OCH3 is 1. The van der Waals surface area contributed by atoms with Crippen molar-refractivity contribution in [2.75, 3.05) is 38.6 Å². The van der Waals surface area contributed by atoms with Gasteiger partial charge in [0.2, 0.25) is 0 Å². The second-order valence-corrected chi connectivity index (χ2v) is 5.95. The predicted molar refractivity (Wildman–Crippen MR) is 94.5 cm³/mol. The Morgan fingerprint density at radius 2 is 2.09 bits per heavy atom. The molecule has 122 valence electrons. The van der Waals surface area contributed by atoms with Crippen LogP contribution in [0.4, 0.5) is 5.82 Å². The molecule has 0 bridgehead atoms. The van der Waals surface area contributed by atoms with Gasteiger partial charge in [0.25, 0.3) is 0 Å². The molecular formula is C16H26N4OS. The summed E-state index contributed by atoms with van der Waals surface area (Å²) in [5.74, 6) is 1.34. The summed E-state index contributed by atoms with van der Waals surface area (Å²) in [6.07, 6.45) is 8.26. The number of likely N-dealkylation sites (tertiary alicyclic amines) is 1. The highest BCUT2D eigenvalue weighted by molar-refractivity contribution is 7.80.